The maximum Gasteiger partial charge on any atom is 0.165 e. The van der Waals surface area contributed by atoms with Crippen molar-refractivity contribution in [3.8, 4) is 0 Å². The van der Waals surface area contributed by atoms with Crippen LogP contribution in [0.25, 0.3) is 0 Å². The van der Waals surface area contributed by atoms with Gasteiger partial charge in [0, 0.05) is 32.4 Å². The Morgan fingerprint density at radius 3 is 3.00 bits per heavy atom. The minimum Gasteiger partial charge on any atom is -0.379 e. The van der Waals surface area contributed by atoms with Crippen LogP contribution in [0, 0.1) is 5.82 Å². The maximum atomic E-state index is 13.2. The number of pyridine rings is 1. The Morgan fingerprint density at radius 1 is 1.44 bits per heavy atom. The molecule has 0 aromatic carbocycles. The van der Waals surface area contributed by atoms with E-state index in [4.69, 9.17) is 4.74 Å². The lowest BCUT2D eigenvalue weighted by atomic mass is 10.4. The Bertz CT molecular complexity index is 329. The molecular formula is C11H16FN3O. The Labute approximate surface area is 94.4 Å². The molecule has 0 saturated carbocycles. The number of rotatable bonds is 4. The molecule has 88 valence electrons. The van der Waals surface area contributed by atoms with E-state index in [2.05, 4.69) is 15.2 Å². The van der Waals surface area contributed by atoms with Gasteiger partial charge in [-0.05, 0) is 12.1 Å². The predicted molar refractivity (Wildman–Crippen MR) is 59.9 cm³/mol. The van der Waals surface area contributed by atoms with Crippen molar-refractivity contribution in [1.82, 2.24) is 9.88 Å². The van der Waals surface area contributed by atoms with E-state index in [1.165, 1.54) is 6.07 Å². The van der Waals surface area contributed by atoms with Gasteiger partial charge < -0.3 is 10.1 Å². The lowest BCUT2D eigenvalue weighted by molar-refractivity contribution is 0.0398. The van der Waals surface area contributed by atoms with Gasteiger partial charge >= 0.3 is 0 Å². The van der Waals surface area contributed by atoms with Gasteiger partial charge in [-0.2, -0.15) is 0 Å². The first-order valence-electron chi connectivity index (χ1n) is 5.51. The molecule has 1 N–H and O–H groups in total. The highest BCUT2D eigenvalue weighted by Gasteiger charge is 2.09. The molecule has 1 aromatic rings. The molecular weight excluding hydrogens is 209 g/mol. The van der Waals surface area contributed by atoms with Crippen LogP contribution in [0.2, 0.25) is 0 Å². The molecule has 5 heteroatoms. The van der Waals surface area contributed by atoms with Crippen molar-refractivity contribution in [2.24, 2.45) is 0 Å². The van der Waals surface area contributed by atoms with Crippen LogP contribution >= 0.6 is 0 Å². The van der Waals surface area contributed by atoms with Crippen molar-refractivity contribution < 1.29 is 9.13 Å². The van der Waals surface area contributed by atoms with Crippen molar-refractivity contribution in [2.75, 3.05) is 44.7 Å². The van der Waals surface area contributed by atoms with Crippen LogP contribution in [0.4, 0.5) is 10.2 Å². The number of nitrogens with one attached hydrogen (secondary N) is 1. The molecule has 1 saturated heterocycles. The zero-order chi connectivity index (χ0) is 11.2. The van der Waals surface area contributed by atoms with Gasteiger partial charge in [0.15, 0.2) is 11.6 Å². The van der Waals surface area contributed by atoms with Gasteiger partial charge in [-0.25, -0.2) is 9.37 Å². The molecule has 0 spiro atoms. The number of morpholine rings is 1. The first kappa shape index (κ1) is 11.3. The third-order valence-corrected chi connectivity index (χ3v) is 2.58. The average molecular weight is 225 g/mol. The molecule has 1 aliphatic rings. The summed E-state index contributed by atoms with van der Waals surface area (Å²) in [5, 5.41) is 2.99. The van der Waals surface area contributed by atoms with E-state index in [-0.39, 0.29) is 5.82 Å². The number of ether oxygens (including phenoxy) is 1. The van der Waals surface area contributed by atoms with Crippen molar-refractivity contribution in [3.63, 3.8) is 0 Å². The van der Waals surface area contributed by atoms with E-state index in [0.717, 1.165) is 32.8 Å². The van der Waals surface area contributed by atoms with E-state index in [1.54, 1.807) is 12.3 Å². The van der Waals surface area contributed by atoms with Crippen LogP contribution in [0.3, 0.4) is 0 Å². The van der Waals surface area contributed by atoms with Crippen molar-refractivity contribution in [2.45, 2.75) is 0 Å². The van der Waals surface area contributed by atoms with Crippen LogP contribution in [0.15, 0.2) is 18.3 Å². The topological polar surface area (TPSA) is 37.4 Å². The number of aromatic nitrogens is 1. The highest BCUT2D eigenvalue weighted by atomic mass is 19.1. The summed E-state index contributed by atoms with van der Waals surface area (Å²) in [5.74, 6) is 0.0280. The number of hydrogen-bond acceptors (Lipinski definition) is 4. The van der Waals surface area contributed by atoms with E-state index >= 15 is 0 Å². The van der Waals surface area contributed by atoms with Gasteiger partial charge in [0.05, 0.1) is 13.2 Å². The summed E-state index contributed by atoms with van der Waals surface area (Å²) in [6, 6.07) is 2.99. The second kappa shape index (κ2) is 5.77. The lowest BCUT2D eigenvalue weighted by Crippen LogP contribution is -2.39. The summed E-state index contributed by atoms with van der Waals surface area (Å²) in [5.41, 5.74) is 0. The minimum absolute atomic E-state index is 0.301. The molecule has 1 aliphatic heterocycles. The zero-order valence-electron chi connectivity index (χ0n) is 9.16. The predicted octanol–water partition coefficient (Wildman–Crippen LogP) is 0.965. The minimum atomic E-state index is -0.301. The lowest BCUT2D eigenvalue weighted by Gasteiger charge is -2.26. The van der Waals surface area contributed by atoms with Gasteiger partial charge in [0.1, 0.15) is 0 Å². The van der Waals surface area contributed by atoms with E-state index in [0.29, 0.717) is 12.4 Å². The summed E-state index contributed by atoms with van der Waals surface area (Å²) in [6.07, 6.45) is 1.58. The van der Waals surface area contributed by atoms with Crippen LogP contribution in [0.1, 0.15) is 0 Å². The molecule has 4 nitrogen and oxygen atoms in total. The van der Waals surface area contributed by atoms with Crippen LogP contribution < -0.4 is 5.32 Å². The smallest absolute Gasteiger partial charge is 0.165 e. The second-order valence-electron chi connectivity index (χ2n) is 3.71. The summed E-state index contributed by atoms with van der Waals surface area (Å²) < 4.78 is 18.4. The van der Waals surface area contributed by atoms with Gasteiger partial charge in [0.25, 0.3) is 0 Å². The number of anilines is 1. The Morgan fingerprint density at radius 2 is 2.25 bits per heavy atom. The van der Waals surface area contributed by atoms with Gasteiger partial charge in [0.2, 0.25) is 0 Å². The fraction of sp³-hybridized carbons (Fsp3) is 0.545. The summed E-state index contributed by atoms with van der Waals surface area (Å²) in [6.45, 7) is 5.07. The van der Waals surface area contributed by atoms with E-state index in [1.807, 2.05) is 0 Å². The van der Waals surface area contributed by atoms with E-state index < -0.39 is 0 Å². The van der Waals surface area contributed by atoms with Gasteiger partial charge in [-0.1, -0.05) is 0 Å². The molecule has 2 rings (SSSR count). The molecule has 2 heterocycles. The van der Waals surface area contributed by atoms with Crippen LogP contribution in [-0.2, 0) is 4.74 Å². The quantitative estimate of drug-likeness (QED) is 0.828. The Hall–Kier alpha value is -1.20. The third-order valence-electron chi connectivity index (χ3n) is 2.58. The molecule has 0 aliphatic carbocycles. The SMILES string of the molecule is Fc1cccnc1NCCN1CCOCC1. The number of nitrogens with zero attached hydrogens (tertiary/aromatic N) is 2. The van der Waals surface area contributed by atoms with Crippen molar-refractivity contribution in [3.05, 3.63) is 24.1 Å². The maximum absolute atomic E-state index is 13.2. The van der Waals surface area contributed by atoms with Gasteiger partial charge in [-0.3, -0.25) is 4.90 Å². The molecule has 0 unspecified atom stereocenters. The van der Waals surface area contributed by atoms with Crippen molar-refractivity contribution >= 4 is 5.82 Å². The zero-order valence-corrected chi connectivity index (χ0v) is 9.16. The Kier molecular flexibility index (Phi) is 4.07. The standard InChI is InChI=1S/C11H16FN3O/c12-10-2-1-3-13-11(10)14-4-5-15-6-8-16-9-7-15/h1-3H,4-9H2,(H,13,14). The van der Waals surface area contributed by atoms with Crippen molar-refractivity contribution in [1.29, 1.82) is 0 Å². The summed E-state index contributed by atoms with van der Waals surface area (Å²) >= 11 is 0. The molecule has 16 heavy (non-hydrogen) atoms. The molecule has 1 fully saturated rings. The fourth-order valence-electron chi connectivity index (χ4n) is 1.67. The molecule has 1 aromatic heterocycles. The van der Waals surface area contributed by atoms with E-state index in [9.17, 15) is 4.39 Å². The largest absolute Gasteiger partial charge is 0.379 e. The number of hydrogen-bond donors (Lipinski definition) is 1. The summed E-state index contributed by atoms with van der Waals surface area (Å²) in [7, 11) is 0. The fourth-order valence-corrected chi connectivity index (χ4v) is 1.67. The third kappa shape index (κ3) is 3.15. The highest BCUT2D eigenvalue weighted by Crippen LogP contribution is 2.07. The van der Waals surface area contributed by atoms with Crippen LogP contribution in [-0.4, -0.2) is 49.3 Å². The normalized spacial score (nSPS) is 17.3. The highest BCUT2D eigenvalue weighted by molar-refractivity contribution is 5.35. The second-order valence-corrected chi connectivity index (χ2v) is 3.71. The average Bonchev–Trinajstić information content (AvgIpc) is 2.33. The van der Waals surface area contributed by atoms with Crippen LogP contribution in [0.5, 0.6) is 0 Å². The molecule has 0 atom stereocenters. The molecule has 0 radical (unpaired) electrons. The first-order valence-corrected chi connectivity index (χ1v) is 5.51. The monoisotopic (exact) mass is 225 g/mol. The summed E-state index contributed by atoms with van der Waals surface area (Å²) in [4.78, 5) is 6.22. The molecule has 0 bridgehead atoms. The molecule has 0 amide bonds. The van der Waals surface area contributed by atoms with Gasteiger partial charge in [-0.15, -0.1) is 0 Å². The Balaban J connectivity index is 1.73. The number of halogens is 1. The first-order chi connectivity index (χ1) is 7.86.